The van der Waals surface area contributed by atoms with Gasteiger partial charge in [-0.05, 0) is 68.8 Å². The summed E-state index contributed by atoms with van der Waals surface area (Å²) in [5, 5.41) is 2.33. The number of para-hydroxylation sites is 1. The minimum atomic E-state index is -1.74. The fraction of sp³-hybridized carbons (Fsp3) is 0.0217. The zero-order valence-electron chi connectivity index (χ0n) is 27.9. The van der Waals surface area contributed by atoms with Gasteiger partial charge >= 0.3 is 0 Å². The van der Waals surface area contributed by atoms with Crippen molar-refractivity contribution in [2.24, 2.45) is 0 Å². The summed E-state index contributed by atoms with van der Waals surface area (Å²) in [6.07, 6.45) is 0. The number of fused-ring (bicyclic) bond motifs is 3. The van der Waals surface area contributed by atoms with Crippen molar-refractivity contribution in [1.82, 2.24) is 19.5 Å². The van der Waals surface area contributed by atoms with Crippen molar-refractivity contribution in [1.29, 1.82) is 0 Å². The minimum absolute atomic E-state index is 0.593. The van der Waals surface area contributed by atoms with Crippen molar-refractivity contribution >= 4 is 31.8 Å². The molecular weight excluding hydrogens is 641 g/mol. The van der Waals surface area contributed by atoms with Crippen LogP contribution in [0.15, 0.2) is 209 Å². The first-order chi connectivity index (χ1) is 25.3. The molecule has 0 saturated carbocycles. The van der Waals surface area contributed by atoms with Gasteiger partial charge in [-0.25, -0.2) is 4.98 Å². The lowest BCUT2D eigenvalue weighted by molar-refractivity contribution is 0.953. The second-order valence-corrected chi connectivity index (χ2v) is 15.7. The second kappa shape index (κ2) is 13.2. The van der Waals surface area contributed by atoms with Crippen molar-refractivity contribution in [2.45, 2.75) is 20.4 Å². The van der Waals surface area contributed by atoms with Crippen LogP contribution in [0.3, 0.4) is 0 Å². The molecule has 0 bridgehead atoms. The Kier molecular flexibility index (Phi) is 7.95. The molecular formula is C46H34N4S. The van der Waals surface area contributed by atoms with Gasteiger partial charge in [0.15, 0.2) is 11.6 Å². The molecule has 0 spiro atoms. The van der Waals surface area contributed by atoms with Crippen LogP contribution in [0.5, 0.6) is 0 Å². The topological polar surface area (TPSA) is 43.6 Å². The zero-order valence-corrected chi connectivity index (χ0v) is 28.7. The Morgan fingerprint density at radius 3 is 1.43 bits per heavy atom. The summed E-state index contributed by atoms with van der Waals surface area (Å²) in [6.45, 7) is 0. The molecule has 0 N–H and O–H groups in total. The highest BCUT2D eigenvalue weighted by molar-refractivity contribution is 8.33. The highest BCUT2D eigenvalue weighted by atomic mass is 32.3. The summed E-state index contributed by atoms with van der Waals surface area (Å²) in [6, 6.07) is 69.0. The largest absolute Gasteiger partial charge is 0.278 e. The fourth-order valence-electron chi connectivity index (χ4n) is 7.07. The van der Waals surface area contributed by atoms with E-state index in [-0.39, 0.29) is 0 Å². The first kappa shape index (κ1) is 30.7. The normalized spacial score (nSPS) is 11.9. The molecule has 0 fully saturated rings. The highest BCUT2D eigenvalue weighted by Crippen LogP contribution is 2.70. The smallest absolute Gasteiger partial charge is 0.238 e. The van der Waals surface area contributed by atoms with Gasteiger partial charge in [-0.3, -0.25) is 4.57 Å². The van der Waals surface area contributed by atoms with E-state index in [4.69, 9.17) is 15.0 Å². The third-order valence-electron chi connectivity index (χ3n) is 9.45. The molecule has 0 aliphatic rings. The third-order valence-corrected chi connectivity index (χ3v) is 13.4. The maximum Gasteiger partial charge on any atom is 0.238 e. The number of hydrogen-bond acceptors (Lipinski definition) is 3. The van der Waals surface area contributed by atoms with Gasteiger partial charge in [-0.1, -0.05) is 146 Å². The Labute approximate surface area is 299 Å². The summed E-state index contributed by atoms with van der Waals surface area (Å²) >= 11 is 0. The molecule has 0 aliphatic heterocycles. The van der Waals surface area contributed by atoms with E-state index in [9.17, 15) is 0 Å². The molecule has 244 valence electrons. The summed E-state index contributed by atoms with van der Waals surface area (Å²) in [7, 11) is -1.74. The molecule has 0 amide bonds. The maximum absolute atomic E-state index is 5.14. The van der Waals surface area contributed by atoms with Crippen LogP contribution in [0, 0.1) is 0 Å². The van der Waals surface area contributed by atoms with Gasteiger partial charge in [0.05, 0.1) is 11.0 Å². The molecule has 2 heterocycles. The van der Waals surface area contributed by atoms with Crippen LogP contribution in [0.2, 0.25) is 0 Å². The lowest BCUT2D eigenvalue weighted by atomic mass is 10.1. The maximum atomic E-state index is 5.14. The molecule has 4 nitrogen and oxygen atoms in total. The fourth-order valence-corrected chi connectivity index (χ4v) is 10.9. The lowest BCUT2D eigenvalue weighted by Crippen LogP contribution is -2.08. The molecule has 0 unspecified atom stereocenters. The van der Waals surface area contributed by atoms with Crippen molar-refractivity contribution in [3.63, 3.8) is 0 Å². The molecule has 51 heavy (non-hydrogen) atoms. The molecule has 9 aromatic rings. The van der Waals surface area contributed by atoms with Crippen molar-refractivity contribution < 1.29 is 0 Å². The number of benzene rings is 7. The van der Waals surface area contributed by atoms with E-state index >= 15 is 0 Å². The molecule has 5 heteroatoms. The van der Waals surface area contributed by atoms with Crippen LogP contribution in [0.1, 0.15) is 5.56 Å². The van der Waals surface area contributed by atoms with Gasteiger partial charge in [0, 0.05) is 27.7 Å². The van der Waals surface area contributed by atoms with Crippen LogP contribution in [0.4, 0.5) is 0 Å². The van der Waals surface area contributed by atoms with Gasteiger partial charge in [-0.15, -0.1) is 0 Å². The van der Waals surface area contributed by atoms with E-state index in [0.29, 0.717) is 17.6 Å². The first-order valence-corrected chi connectivity index (χ1v) is 18.9. The van der Waals surface area contributed by atoms with Crippen LogP contribution in [0.25, 0.3) is 50.5 Å². The van der Waals surface area contributed by atoms with Gasteiger partial charge in [-0.2, -0.15) is 20.0 Å². The van der Waals surface area contributed by atoms with Crippen LogP contribution in [-0.2, 0) is 5.75 Å². The SMILES string of the molecule is c1ccc(CS(c2ccccc2)(c2ccccc2)c2ccc3c(c2)c2ccccc2n3-c2nc(-c3ccccc3)nc(-c3ccccc3)n2)cc1. The molecule has 9 rings (SSSR count). The van der Waals surface area contributed by atoms with E-state index < -0.39 is 10.0 Å². The van der Waals surface area contributed by atoms with Gasteiger partial charge in [0.2, 0.25) is 5.95 Å². The molecule has 0 atom stereocenters. The first-order valence-electron chi connectivity index (χ1n) is 17.1. The molecule has 2 aromatic heterocycles. The van der Waals surface area contributed by atoms with Crippen molar-refractivity contribution in [3.8, 4) is 28.7 Å². The van der Waals surface area contributed by atoms with E-state index in [0.717, 1.165) is 33.3 Å². The quantitative estimate of drug-likeness (QED) is 0.161. The summed E-state index contributed by atoms with van der Waals surface area (Å²) in [5.74, 6) is 2.76. The van der Waals surface area contributed by atoms with E-state index in [1.165, 1.54) is 25.6 Å². The van der Waals surface area contributed by atoms with E-state index in [1.807, 2.05) is 60.7 Å². The number of aromatic nitrogens is 4. The molecule has 0 radical (unpaired) electrons. The van der Waals surface area contributed by atoms with Crippen molar-refractivity contribution in [3.05, 3.63) is 200 Å². The van der Waals surface area contributed by atoms with Crippen LogP contribution in [-0.4, -0.2) is 19.5 Å². The van der Waals surface area contributed by atoms with E-state index in [1.54, 1.807) is 0 Å². The second-order valence-electron chi connectivity index (χ2n) is 12.5. The summed E-state index contributed by atoms with van der Waals surface area (Å²) < 4.78 is 2.20. The Hall–Kier alpha value is -6.30. The molecule has 7 aromatic carbocycles. The average Bonchev–Trinajstić information content (AvgIpc) is 3.55. The predicted molar refractivity (Wildman–Crippen MR) is 210 cm³/mol. The monoisotopic (exact) mass is 674 g/mol. The zero-order chi connectivity index (χ0) is 34.0. The Morgan fingerprint density at radius 1 is 0.392 bits per heavy atom. The van der Waals surface area contributed by atoms with Gasteiger partial charge in [0.25, 0.3) is 0 Å². The van der Waals surface area contributed by atoms with Gasteiger partial charge in [0.1, 0.15) is 0 Å². The third kappa shape index (κ3) is 5.58. The van der Waals surface area contributed by atoms with Crippen molar-refractivity contribution in [2.75, 3.05) is 0 Å². The van der Waals surface area contributed by atoms with Crippen LogP contribution >= 0.6 is 10.0 Å². The Morgan fingerprint density at radius 2 is 0.863 bits per heavy atom. The van der Waals surface area contributed by atoms with Crippen LogP contribution < -0.4 is 0 Å². The lowest BCUT2D eigenvalue weighted by Gasteiger charge is -2.42. The molecule has 0 saturated heterocycles. The summed E-state index contributed by atoms with van der Waals surface area (Å²) in [4.78, 5) is 19.2. The minimum Gasteiger partial charge on any atom is -0.278 e. The predicted octanol–water partition coefficient (Wildman–Crippen LogP) is 11.8. The standard InChI is InChI=1S/C46H34N4S/c1-6-18-34(19-7-1)33-51(37-24-12-4-13-25-37,38-26-14-5-15-27-38)39-30-31-43-41(32-39)40-28-16-17-29-42(40)50(43)46-48-44(35-20-8-2-9-21-35)47-45(49-46)36-22-10-3-11-23-36/h1-32H,33H2. The molecule has 0 aliphatic carbocycles. The number of rotatable bonds is 8. The average molecular weight is 675 g/mol. The van der Waals surface area contributed by atoms with Gasteiger partial charge < -0.3 is 0 Å². The number of hydrogen-bond donors (Lipinski definition) is 0. The van der Waals surface area contributed by atoms with E-state index in [2.05, 4.69) is 138 Å². The number of nitrogens with zero attached hydrogens (tertiary/aromatic N) is 4. The summed E-state index contributed by atoms with van der Waals surface area (Å²) in [5.41, 5.74) is 5.31. The highest BCUT2D eigenvalue weighted by Gasteiger charge is 2.32. The Balaban J connectivity index is 1.32. The Bertz CT molecular complexity index is 2490.